The molecule has 11 heteroatoms. The first-order valence-corrected chi connectivity index (χ1v) is 12.7. The maximum absolute atomic E-state index is 15.5. The van der Waals surface area contributed by atoms with Gasteiger partial charge in [0.05, 0.1) is 36.2 Å². The molecule has 0 unspecified atom stereocenters. The van der Waals surface area contributed by atoms with Crippen LogP contribution in [0, 0.1) is 5.82 Å². The van der Waals surface area contributed by atoms with E-state index in [0.717, 1.165) is 24.2 Å². The summed E-state index contributed by atoms with van der Waals surface area (Å²) in [5.74, 6) is -1.19. The first-order chi connectivity index (χ1) is 18.3. The number of amidine groups is 1. The lowest BCUT2D eigenvalue weighted by Crippen LogP contribution is -2.37. The molecule has 2 aromatic rings. The largest absolute Gasteiger partial charge is 0.395 e. The number of nitrogens with zero attached hydrogens (tertiary/aromatic N) is 3. The van der Waals surface area contributed by atoms with Crippen molar-refractivity contribution in [3.8, 4) is 0 Å². The monoisotopic (exact) mass is 522 g/mol. The van der Waals surface area contributed by atoms with E-state index in [1.165, 1.54) is 17.0 Å². The van der Waals surface area contributed by atoms with Gasteiger partial charge in [-0.2, -0.15) is 0 Å². The topological polar surface area (TPSA) is 153 Å². The number of benzene rings is 1. The molecule has 0 saturated heterocycles. The zero-order valence-corrected chi connectivity index (χ0v) is 21.0. The van der Waals surface area contributed by atoms with Crippen molar-refractivity contribution in [3.63, 3.8) is 0 Å². The Morgan fingerprint density at radius 2 is 1.95 bits per heavy atom. The normalized spacial score (nSPS) is 17.3. The molecule has 0 spiro atoms. The van der Waals surface area contributed by atoms with Crippen LogP contribution in [0.3, 0.4) is 0 Å². The molecular weight excluding hydrogens is 491 g/mol. The Morgan fingerprint density at radius 1 is 1.18 bits per heavy atom. The number of fused-ring (bicyclic) bond motifs is 2. The minimum absolute atomic E-state index is 0.0124. The smallest absolute Gasteiger partial charge is 0.250 e. The third-order valence-electron chi connectivity index (χ3n) is 7.27. The Bertz CT molecular complexity index is 1330. The van der Waals surface area contributed by atoms with Crippen LogP contribution in [0.5, 0.6) is 0 Å². The number of pyridine rings is 1. The van der Waals surface area contributed by atoms with E-state index in [9.17, 15) is 19.8 Å². The maximum atomic E-state index is 15.5. The van der Waals surface area contributed by atoms with Gasteiger partial charge in [0.15, 0.2) is 0 Å². The molecule has 0 radical (unpaired) electrons. The molecule has 1 saturated carbocycles. The van der Waals surface area contributed by atoms with Crippen LogP contribution in [-0.4, -0.2) is 70.6 Å². The van der Waals surface area contributed by atoms with Crippen LogP contribution in [0.4, 0.5) is 15.8 Å². The molecule has 200 valence electrons. The van der Waals surface area contributed by atoms with Gasteiger partial charge in [-0.05, 0) is 48.2 Å². The summed E-state index contributed by atoms with van der Waals surface area (Å²) in [5, 5.41) is 24.8. The van der Waals surface area contributed by atoms with Gasteiger partial charge in [0.25, 0.3) is 0 Å². The fourth-order valence-electron chi connectivity index (χ4n) is 5.06. The number of aliphatic imine (C=N–C) groups is 1. The number of hydrogen-bond acceptors (Lipinski definition) is 8. The van der Waals surface area contributed by atoms with Gasteiger partial charge in [-0.1, -0.05) is 0 Å². The number of nitrogens with two attached hydrogens (primary N) is 1. The maximum Gasteiger partial charge on any atom is 0.250 e. The summed E-state index contributed by atoms with van der Waals surface area (Å²) in [6.07, 6.45) is 5.02. The predicted octanol–water partition coefficient (Wildman–Crippen LogP) is 1.13. The number of carbonyl (C=O) groups is 2. The van der Waals surface area contributed by atoms with Gasteiger partial charge in [-0.25, -0.2) is 9.38 Å². The Labute approximate surface area is 219 Å². The number of aliphatic hydroxyl groups is 2. The van der Waals surface area contributed by atoms with Crippen molar-refractivity contribution in [1.82, 2.24) is 15.2 Å². The summed E-state index contributed by atoms with van der Waals surface area (Å²) in [7, 11) is 0. The first-order valence-electron chi connectivity index (χ1n) is 12.7. The molecule has 1 fully saturated rings. The van der Waals surface area contributed by atoms with E-state index < -0.39 is 17.1 Å². The van der Waals surface area contributed by atoms with Gasteiger partial charge in [0.1, 0.15) is 11.7 Å². The summed E-state index contributed by atoms with van der Waals surface area (Å²) in [6.45, 7) is 1.06. The number of rotatable bonds is 8. The molecule has 0 bridgehead atoms. The van der Waals surface area contributed by atoms with Gasteiger partial charge >= 0.3 is 0 Å². The lowest BCUT2D eigenvalue weighted by Gasteiger charge is -2.22. The van der Waals surface area contributed by atoms with Crippen molar-refractivity contribution in [2.24, 2.45) is 10.7 Å². The first kappa shape index (κ1) is 26.0. The van der Waals surface area contributed by atoms with Crippen LogP contribution in [0.15, 0.2) is 35.0 Å². The lowest BCUT2D eigenvalue weighted by molar-refractivity contribution is -0.128. The standard InChI is InChI=1S/C27H31FN6O4/c28-21-12-18(27(2-3-27)26(38)32-19-9-17-14-30-4-1-22(17)31-15-19)13-23-20(21)10-16(11-24(29)33-23)25(37)34(5-7-35)6-8-36/h9-10,12-13,15,30,35-36H,1-8,11,14H2,(H2,29,33)(H,32,38). The lowest BCUT2D eigenvalue weighted by atomic mass is 9.92. The summed E-state index contributed by atoms with van der Waals surface area (Å²) in [5.41, 5.74) is 8.93. The van der Waals surface area contributed by atoms with Crippen molar-refractivity contribution >= 4 is 35.1 Å². The molecule has 38 heavy (non-hydrogen) atoms. The van der Waals surface area contributed by atoms with Gasteiger partial charge in [-0.15, -0.1) is 0 Å². The van der Waals surface area contributed by atoms with E-state index in [4.69, 9.17) is 5.73 Å². The average molecular weight is 523 g/mol. The summed E-state index contributed by atoms with van der Waals surface area (Å²) >= 11 is 0. The minimum Gasteiger partial charge on any atom is -0.395 e. The van der Waals surface area contributed by atoms with E-state index in [-0.39, 0.29) is 61.3 Å². The Morgan fingerprint density at radius 3 is 2.66 bits per heavy atom. The number of nitrogens with one attached hydrogen (secondary N) is 2. The summed E-state index contributed by atoms with van der Waals surface area (Å²) in [4.78, 5) is 36.5. The van der Waals surface area contributed by atoms with E-state index in [0.29, 0.717) is 30.6 Å². The third kappa shape index (κ3) is 5.04. The van der Waals surface area contributed by atoms with Gasteiger partial charge in [-0.3, -0.25) is 14.6 Å². The van der Waals surface area contributed by atoms with Gasteiger partial charge < -0.3 is 31.5 Å². The molecule has 1 aromatic heterocycles. The number of amides is 2. The SMILES string of the molecule is NC1=Nc2cc(C3(C(=O)Nc4cnc5c(c4)CNCC5)CC3)cc(F)c2C=C(C(=O)N(CCO)CCO)C1. The zero-order chi connectivity index (χ0) is 26.9. The highest BCUT2D eigenvalue weighted by molar-refractivity contribution is 6.06. The van der Waals surface area contributed by atoms with Crippen LogP contribution in [0.2, 0.25) is 0 Å². The molecule has 5 rings (SSSR count). The van der Waals surface area contributed by atoms with Crippen LogP contribution in [0.25, 0.3) is 6.08 Å². The van der Waals surface area contributed by atoms with E-state index in [1.54, 1.807) is 12.3 Å². The quantitative estimate of drug-likeness (QED) is 0.348. The van der Waals surface area contributed by atoms with E-state index in [1.807, 2.05) is 6.07 Å². The van der Waals surface area contributed by atoms with Crippen LogP contribution < -0.4 is 16.4 Å². The molecule has 1 aliphatic carbocycles. The van der Waals surface area contributed by atoms with Gasteiger partial charge in [0.2, 0.25) is 11.8 Å². The highest BCUT2D eigenvalue weighted by Gasteiger charge is 2.52. The van der Waals surface area contributed by atoms with Crippen molar-refractivity contribution in [3.05, 3.63) is 58.2 Å². The molecular formula is C27H31FN6O4. The Hall–Kier alpha value is -3.67. The van der Waals surface area contributed by atoms with Crippen molar-refractivity contribution in [2.75, 3.05) is 38.2 Å². The van der Waals surface area contributed by atoms with Crippen LogP contribution in [0.1, 0.15) is 41.6 Å². The number of aromatic nitrogens is 1. The summed E-state index contributed by atoms with van der Waals surface area (Å²) in [6, 6.07) is 4.91. The fourth-order valence-corrected chi connectivity index (χ4v) is 5.06. The predicted molar refractivity (Wildman–Crippen MR) is 140 cm³/mol. The van der Waals surface area contributed by atoms with Gasteiger partial charge in [0, 0.05) is 55.9 Å². The average Bonchev–Trinajstić information content (AvgIpc) is 3.73. The number of carbonyl (C=O) groups excluding carboxylic acids is 2. The molecule has 6 N–H and O–H groups in total. The van der Waals surface area contributed by atoms with E-state index >= 15 is 4.39 Å². The number of aliphatic hydroxyl groups excluding tert-OH is 2. The Balaban J connectivity index is 1.43. The number of anilines is 1. The van der Waals surface area contributed by atoms with Crippen molar-refractivity contribution in [1.29, 1.82) is 0 Å². The second-order valence-electron chi connectivity index (χ2n) is 9.87. The second kappa shape index (κ2) is 10.6. The number of halogens is 1. The second-order valence-corrected chi connectivity index (χ2v) is 9.87. The molecule has 1 aromatic carbocycles. The highest BCUT2D eigenvalue weighted by atomic mass is 19.1. The molecule has 2 aliphatic heterocycles. The van der Waals surface area contributed by atoms with E-state index in [2.05, 4.69) is 20.6 Å². The fraction of sp³-hybridized carbons (Fsp3) is 0.407. The third-order valence-corrected chi connectivity index (χ3v) is 7.27. The van der Waals surface area contributed by atoms with Crippen molar-refractivity contribution in [2.45, 2.75) is 37.6 Å². The molecule has 3 heterocycles. The molecule has 10 nitrogen and oxygen atoms in total. The minimum atomic E-state index is -0.887. The number of hydrogen-bond donors (Lipinski definition) is 5. The van der Waals surface area contributed by atoms with Crippen molar-refractivity contribution < 1.29 is 24.2 Å². The molecule has 3 aliphatic rings. The molecule has 0 atom stereocenters. The Kier molecular flexibility index (Phi) is 7.24. The zero-order valence-electron chi connectivity index (χ0n) is 21.0. The molecule has 2 amide bonds. The highest BCUT2D eigenvalue weighted by Crippen LogP contribution is 2.50. The van der Waals surface area contributed by atoms with Crippen LogP contribution in [-0.2, 0) is 28.0 Å². The summed E-state index contributed by atoms with van der Waals surface area (Å²) < 4.78 is 15.5. The van der Waals surface area contributed by atoms with Crippen LogP contribution >= 0.6 is 0 Å².